The Kier molecular flexibility index (Phi) is 5.58. The summed E-state index contributed by atoms with van der Waals surface area (Å²) >= 11 is 0. The van der Waals surface area contributed by atoms with Gasteiger partial charge in [0, 0.05) is 6.07 Å². The van der Waals surface area contributed by atoms with Crippen molar-refractivity contribution in [2.24, 2.45) is 0 Å². The summed E-state index contributed by atoms with van der Waals surface area (Å²) in [7, 11) is 0. The summed E-state index contributed by atoms with van der Waals surface area (Å²) in [4.78, 5) is 40.3. The van der Waals surface area contributed by atoms with E-state index in [9.17, 15) is 14.4 Å². The van der Waals surface area contributed by atoms with Crippen molar-refractivity contribution in [3.63, 3.8) is 0 Å². The van der Waals surface area contributed by atoms with Crippen LogP contribution in [0.5, 0.6) is 11.5 Å². The van der Waals surface area contributed by atoms with Gasteiger partial charge < -0.3 is 9.47 Å². The molecule has 7 nitrogen and oxygen atoms in total. The molecule has 0 aliphatic carbocycles. The normalized spacial score (nSPS) is 13.9. The molecule has 1 fully saturated rings. The smallest absolute Gasteiger partial charge is 0.339 e. The molecule has 158 valence electrons. The van der Waals surface area contributed by atoms with E-state index in [0.717, 1.165) is 26.1 Å². The molecule has 4 amide bonds. The van der Waals surface area contributed by atoms with Crippen molar-refractivity contribution in [3.05, 3.63) is 66.2 Å². The van der Waals surface area contributed by atoms with Crippen molar-refractivity contribution < 1.29 is 23.9 Å². The van der Waals surface area contributed by atoms with Crippen LogP contribution in [0.3, 0.4) is 0 Å². The Morgan fingerprint density at radius 3 is 2.26 bits per heavy atom. The third-order valence-corrected chi connectivity index (χ3v) is 5.05. The standard InChI is InChI=1S/C24H22N2O5/c1-3-30-20-13-12-18(14-21(20)31-4-2)26-23(28)22(27)25(24(26)29)15-17-10-7-9-16-8-5-6-11-19(16)17/h5-14H,3-4,15H2,1-2H3. The second-order valence-corrected chi connectivity index (χ2v) is 6.95. The molecule has 0 N–H and O–H groups in total. The number of fused-ring (bicyclic) bond motifs is 1. The van der Waals surface area contributed by atoms with Crippen LogP contribution >= 0.6 is 0 Å². The van der Waals surface area contributed by atoms with Gasteiger partial charge in [0.25, 0.3) is 0 Å². The molecule has 0 aromatic heterocycles. The van der Waals surface area contributed by atoms with E-state index in [0.29, 0.717) is 24.7 Å². The molecule has 0 saturated carbocycles. The summed E-state index contributed by atoms with van der Waals surface area (Å²) < 4.78 is 11.1. The molecular weight excluding hydrogens is 396 g/mol. The molecule has 1 aliphatic rings. The van der Waals surface area contributed by atoms with Gasteiger partial charge in [-0.2, -0.15) is 0 Å². The van der Waals surface area contributed by atoms with Gasteiger partial charge in [-0.15, -0.1) is 0 Å². The molecule has 7 heteroatoms. The highest BCUT2D eigenvalue weighted by molar-refractivity contribution is 6.52. The van der Waals surface area contributed by atoms with E-state index in [1.807, 2.05) is 56.3 Å². The van der Waals surface area contributed by atoms with Crippen LogP contribution in [0.4, 0.5) is 10.5 Å². The van der Waals surface area contributed by atoms with Gasteiger partial charge >= 0.3 is 17.8 Å². The van der Waals surface area contributed by atoms with Crippen LogP contribution < -0.4 is 14.4 Å². The third-order valence-electron chi connectivity index (χ3n) is 5.05. The molecule has 1 saturated heterocycles. The highest BCUT2D eigenvalue weighted by Gasteiger charge is 2.45. The summed E-state index contributed by atoms with van der Waals surface area (Å²) in [5.74, 6) is -0.838. The molecule has 0 bridgehead atoms. The number of carbonyl (C=O) groups excluding carboxylic acids is 3. The van der Waals surface area contributed by atoms with Gasteiger partial charge in [-0.3, -0.25) is 14.5 Å². The highest BCUT2D eigenvalue weighted by Crippen LogP contribution is 2.34. The Labute approximate surface area is 179 Å². The molecule has 0 spiro atoms. The average molecular weight is 418 g/mol. The predicted molar refractivity (Wildman–Crippen MR) is 116 cm³/mol. The van der Waals surface area contributed by atoms with Crippen LogP contribution in [0.1, 0.15) is 19.4 Å². The van der Waals surface area contributed by atoms with Crippen molar-refractivity contribution in [1.82, 2.24) is 4.90 Å². The largest absolute Gasteiger partial charge is 0.490 e. The minimum atomic E-state index is -0.892. The van der Waals surface area contributed by atoms with E-state index in [4.69, 9.17) is 9.47 Å². The highest BCUT2D eigenvalue weighted by atomic mass is 16.5. The lowest BCUT2D eigenvalue weighted by atomic mass is 10.0. The Morgan fingerprint density at radius 1 is 0.774 bits per heavy atom. The summed E-state index contributed by atoms with van der Waals surface area (Å²) in [6.07, 6.45) is 0. The van der Waals surface area contributed by atoms with Crippen molar-refractivity contribution in [3.8, 4) is 11.5 Å². The van der Waals surface area contributed by atoms with E-state index in [1.165, 1.54) is 0 Å². The van der Waals surface area contributed by atoms with Gasteiger partial charge in [-0.25, -0.2) is 9.69 Å². The Morgan fingerprint density at radius 2 is 1.48 bits per heavy atom. The SMILES string of the molecule is CCOc1ccc(N2C(=O)C(=O)N(Cc3cccc4ccccc34)C2=O)cc1OCC. The van der Waals surface area contributed by atoms with Gasteiger partial charge in [-0.05, 0) is 42.3 Å². The molecule has 3 aromatic rings. The lowest BCUT2D eigenvalue weighted by Crippen LogP contribution is -2.33. The first-order valence-corrected chi connectivity index (χ1v) is 10.1. The average Bonchev–Trinajstić information content (AvgIpc) is 2.99. The lowest BCUT2D eigenvalue weighted by molar-refractivity contribution is -0.139. The molecule has 0 atom stereocenters. The van der Waals surface area contributed by atoms with E-state index in [-0.39, 0.29) is 12.2 Å². The van der Waals surface area contributed by atoms with E-state index < -0.39 is 17.8 Å². The van der Waals surface area contributed by atoms with E-state index >= 15 is 0 Å². The van der Waals surface area contributed by atoms with Crippen LogP contribution in [0, 0.1) is 0 Å². The van der Waals surface area contributed by atoms with Crippen molar-refractivity contribution >= 4 is 34.3 Å². The van der Waals surface area contributed by atoms with Crippen LogP contribution in [-0.4, -0.2) is 36.0 Å². The first-order valence-electron chi connectivity index (χ1n) is 10.1. The van der Waals surface area contributed by atoms with Gasteiger partial charge in [0.15, 0.2) is 11.5 Å². The van der Waals surface area contributed by atoms with Crippen molar-refractivity contribution in [2.75, 3.05) is 18.1 Å². The Hall–Kier alpha value is -3.87. The number of rotatable bonds is 7. The minimum absolute atomic E-state index is 0.0105. The molecule has 0 radical (unpaired) electrons. The first kappa shape index (κ1) is 20.4. The monoisotopic (exact) mass is 418 g/mol. The van der Waals surface area contributed by atoms with Crippen LogP contribution in [0.15, 0.2) is 60.7 Å². The number of imide groups is 2. The summed E-state index contributed by atoms with van der Waals surface area (Å²) in [6.45, 7) is 4.51. The topological polar surface area (TPSA) is 76.2 Å². The number of anilines is 1. The minimum Gasteiger partial charge on any atom is -0.490 e. The molecule has 1 heterocycles. The fourth-order valence-electron chi connectivity index (χ4n) is 3.65. The Balaban J connectivity index is 1.66. The maximum atomic E-state index is 13.1. The molecule has 31 heavy (non-hydrogen) atoms. The zero-order valence-electron chi connectivity index (χ0n) is 17.3. The summed E-state index contributed by atoms with van der Waals surface area (Å²) in [5.41, 5.74) is 1.05. The lowest BCUT2D eigenvalue weighted by Gasteiger charge is -2.18. The Bertz CT molecular complexity index is 1170. The van der Waals surface area contributed by atoms with E-state index in [1.54, 1.807) is 18.2 Å². The number of hydrogen-bond acceptors (Lipinski definition) is 5. The fourth-order valence-corrected chi connectivity index (χ4v) is 3.65. The second-order valence-electron chi connectivity index (χ2n) is 6.95. The molecule has 1 aliphatic heterocycles. The third kappa shape index (κ3) is 3.70. The quantitative estimate of drug-likeness (QED) is 0.426. The zero-order chi connectivity index (χ0) is 22.0. The molecule has 3 aromatic carbocycles. The number of carbonyl (C=O) groups is 3. The molecule has 4 rings (SSSR count). The second kappa shape index (κ2) is 8.47. The molecule has 0 unspecified atom stereocenters. The number of benzene rings is 3. The number of nitrogens with zero attached hydrogens (tertiary/aromatic N) is 2. The fraction of sp³-hybridized carbons (Fsp3) is 0.208. The van der Waals surface area contributed by atoms with Crippen LogP contribution in [0.2, 0.25) is 0 Å². The number of hydrogen-bond donors (Lipinski definition) is 0. The van der Waals surface area contributed by atoms with Gasteiger partial charge in [0.1, 0.15) is 0 Å². The van der Waals surface area contributed by atoms with E-state index in [2.05, 4.69) is 0 Å². The van der Waals surface area contributed by atoms with Crippen LogP contribution in [0.25, 0.3) is 10.8 Å². The number of ether oxygens (including phenoxy) is 2. The van der Waals surface area contributed by atoms with Crippen molar-refractivity contribution in [2.45, 2.75) is 20.4 Å². The van der Waals surface area contributed by atoms with Gasteiger partial charge in [0.2, 0.25) is 0 Å². The maximum absolute atomic E-state index is 13.1. The molecular formula is C24H22N2O5. The number of urea groups is 1. The maximum Gasteiger partial charge on any atom is 0.339 e. The predicted octanol–water partition coefficient (Wildman–Crippen LogP) is 4.13. The zero-order valence-corrected chi connectivity index (χ0v) is 17.3. The summed E-state index contributed by atoms with van der Waals surface area (Å²) in [6, 6.07) is 17.4. The summed E-state index contributed by atoms with van der Waals surface area (Å²) in [5, 5.41) is 1.92. The first-order chi connectivity index (χ1) is 15.0. The number of amides is 4. The van der Waals surface area contributed by atoms with Crippen molar-refractivity contribution in [1.29, 1.82) is 0 Å². The van der Waals surface area contributed by atoms with Gasteiger partial charge in [-0.1, -0.05) is 42.5 Å². The van der Waals surface area contributed by atoms with Gasteiger partial charge in [0.05, 0.1) is 25.4 Å². The van der Waals surface area contributed by atoms with Crippen LogP contribution in [-0.2, 0) is 16.1 Å².